The van der Waals surface area contributed by atoms with E-state index in [1.807, 2.05) is 60.7 Å². The second kappa shape index (κ2) is 18.5. The molecule has 0 unspecified atom stereocenters. The Morgan fingerprint density at radius 2 is 1.32 bits per heavy atom. The molecule has 1 aliphatic rings. The standard InChI is InChI=1S/C40H54O6Si/c1-40(2,3)47(5,6)46-38-21-14-13-20-36(44-30-33-18-11-8-12-19-33)39(31-43-29-32-16-9-7-10-17-32)45-37(38)22-15-27-42-28-34-23-25-35(41-4)26-24-34/h7-19,22-26,36-39H,20-21,27-31H2,1-6H3/b14-13-,22-15-/t36-,37-,38+,39+/m0/s1. The molecular weight excluding hydrogens is 605 g/mol. The third-order valence-electron chi connectivity index (χ3n) is 8.94. The van der Waals surface area contributed by atoms with Crippen LogP contribution in [0.5, 0.6) is 5.75 Å². The number of hydrogen-bond acceptors (Lipinski definition) is 6. The van der Waals surface area contributed by atoms with Gasteiger partial charge in [-0.05, 0) is 59.8 Å². The quantitative estimate of drug-likeness (QED) is 0.0923. The molecule has 0 aliphatic carbocycles. The number of hydrogen-bond donors (Lipinski definition) is 0. The second-order valence-electron chi connectivity index (χ2n) is 13.6. The van der Waals surface area contributed by atoms with Crippen molar-refractivity contribution in [3.05, 3.63) is 126 Å². The van der Waals surface area contributed by atoms with Crippen molar-refractivity contribution >= 4 is 8.32 Å². The molecule has 1 heterocycles. The van der Waals surface area contributed by atoms with Crippen molar-refractivity contribution < 1.29 is 28.1 Å². The van der Waals surface area contributed by atoms with E-state index in [9.17, 15) is 0 Å². The van der Waals surface area contributed by atoms with Crippen LogP contribution in [0.2, 0.25) is 18.1 Å². The Kier molecular flexibility index (Phi) is 14.5. The molecule has 7 heteroatoms. The Labute approximate surface area is 283 Å². The molecule has 3 aromatic rings. The molecule has 4 atom stereocenters. The van der Waals surface area contributed by atoms with Gasteiger partial charge in [0, 0.05) is 0 Å². The number of ether oxygens (including phenoxy) is 5. The van der Waals surface area contributed by atoms with Crippen molar-refractivity contribution in [2.45, 2.75) is 96.0 Å². The molecule has 0 N–H and O–H groups in total. The topological polar surface area (TPSA) is 55.4 Å². The van der Waals surface area contributed by atoms with Crippen molar-refractivity contribution in [3.63, 3.8) is 0 Å². The molecule has 4 rings (SSSR count). The molecular formula is C40H54O6Si. The van der Waals surface area contributed by atoms with Crippen molar-refractivity contribution in [3.8, 4) is 5.75 Å². The lowest BCUT2D eigenvalue weighted by Gasteiger charge is -2.41. The van der Waals surface area contributed by atoms with Gasteiger partial charge in [-0.3, -0.25) is 0 Å². The van der Waals surface area contributed by atoms with Gasteiger partial charge in [-0.25, -0.2) is 0 Å². The van der Waals surface area contributed by atoms with E-state index in [0.29, 0.717) is 33.0 Å². The fourth-order valence-corrected chi connectivity index (χ4v) is 6.43. The third kappa shape index (κ3) is 12.2. The summed E-state index contributed by atoms with van der Waals surface area (Å²) in [5, 5.41) is 0.0599. The molecule has 0 amide bonds. The smallest absolute Gasteiger partial charge is 0.192 e. The molecule has 0 spiro atoms. The summed E-state index contributed by atoms with van der Waals surface area (Å²) in [5.74, 6) is 0.834. The Bertz CT molecular complexity index is 1350. The van der Waals surface area contributed by atoms with Crippen LogP contribution in [0.3, 0.4) is 0 Å². The minimum Gasteiger partial charge on any atom is -0.497 e. The van der Waals surface area contributed by atoms with Gasteiger partial charge in [-0.15, -0.1) is 0 Å². The van der Waals surface area contributed by atoms with Crippen molar-refractivity contribution in [1.82, 2.24) is 0 Å². The summed E-state index contributed by atoms with van der Waals surface area (Å²) in [4.78, 5) is 0. The SMILES string of the molecule is COc1ccc(COC/C=C\[C@@H]2O[C@H](COCc3ccccc3)[C@@H](OCc3ccccc3)C/C=C\C[C@H]2O[Si](C)(C)C(C)(C)C)cc1. The van der Waals surface area contributed by atoms with Gasteiger partial charge >= 0.3 is 0 Å². The monoisotopic (exact) mass is 658 g/mol. The summed E-state index contributed by atoms with van der Waals surface area (Å²) in [5.41, 5.74) is 3.35. The van der Waals surface area contributed by atoms with E-state index in [-0.39, 0.29) is 29.5 Å². The van der Waals surface area contributed by atoms with Crippen LogP contribution in [0.15, 0.2) is 109 Å². The molecule has 6 nitrogen and oxygen atoms in total. The first-order valence-electron chi connectivity index (χ1n) is 16.8. The first kappa shape index (κ1) is 36.8. The fraction of sp³-hybridized carbons (Fsp3) is 0.450. The van der Waals surface area contributed by atoms with E-state index in [1.165, 1.54) is 0 Å². The first-order chi connectivity index (χ1) is 22.6. The Balaban J connectivity index is 1.53. The van der Waals surface area contributed by atoms with Gasteiger partial charge < -0.3 is 28.1 Å². The van der Waals surface area contributed by atoms with Gasteiger partial charge in [0.25, 0.3) is 0 Å². The molecule has 254 valence electrons. The summed E-state index contributed by atoms with van der Waals surface area (Å²) in [7, 11) is -0.443. The molecule has 47 heavy (non-hydrogen) atoms. The Morgan fingerprint density at radius 1 is 0.745 bits per heavy atom. The maximum atomic E-state index is 7.06. The summed E-state index contributed by atoms with van der Waals surface area (Å²) in [6.07, 6.45) is 9.10. The lowest BCUT2D eigenvalue weighted by Crippen LogP contribution is -2.48. The lowest BCUT2D eigenvalue weighted by molar-refractivity contribution is -0.140. The normalized spacial score (nSPS) is 21.6. The van der Waals surface area contributed by atoms with Gasteiger partial charge in [0.2, 0.25) is 0 Å². The van der Waals surface area contributed by atoms with Crippen LogP contribution in [-0.4, -0.2) is 53.1 Å². The maximum absolute atomic E-state index is 7.06. The highest BCUT2D eigenvalue weighted by atomic mass is 28.4. The molecule has 3 aromatic carbocycles. The predicted molar refractivity (Wildman–Crippen MR) is 192 cm³/mol. The maximum Gasteiger partial charge on any atom is 0.192 e. The largest absolute Gasteiger partial charge is 0.497 e. The Hall–Kier alpha value is -3.04. The van der Waals surface area contributed by atoms with Crippen LogP contribution in [-0.2, 0) is 43.2 Å². The average molecular weight is 659 g/mol. The Morgan fingerprint density at radius 3 is 1.94 bits per heavy atom. The zero-order valence-corrected chi connectivity index (χ0v) is 30.1. The van der Waals surface area contributed by atoms with Gasteiger partial charge in [0.1, 0.15) is 18.0 Å². The van der Waals surface area contributed by atoms with Crippen LogP contribution >= 0.6 is 0 Å². The minimum atomic E-state index is -2.12. The van der Waals surface area contributed by atoms with E-state index in [2.05, 4.69) is 82.4 Å². The third-order valence-corrected chi connectivity index (χ3v) is 13.4. The lowest BCUT2D eigenvalue weighted by atomic mass is 10.1. The average Bonchev–Trinajstić information content (AvgIpc) is 3.13. The van der Waals surface area contributed by atoms with E-state index in [0.717, 1.165) is 35.3 Å². The summed E-state index contributed by atoms with van der Waals surface area (Å²) in [6.45, 7) is 13.8. The summed E-state index contributed by atoms with van der Waals surface area (Å²) in [6, 6.07) is 28.5. The van der Waals surface area contributed by atoms with Gasteiger partial charge in [0.15, 0.2) is 8.32 Å². The van der Waals surface area contributed by atoms with Crippen molar-refractivity contribution in [2.75, 3.05) is 20.3 Å². The number of methoxy groups -OCH3 is 1. The molecule has 0 saturated carbocycles. The summed E-state index contributed by atoms with van der Waals surface area (Å²) >= 11 is 0. The first-order valence-corrected chi connectivity index (χ1v) is 19.7. The minimum absolute atomic E-state index is 0.0599. The highest BCUT2D eigenvalue weighted by molar-refractivity contribution is 6.74. The van der Waals surface area contributed by atoms with Crippen LogP contribution < -0.4 is 4.74 Å². The van der Waals surface area contributed by atoms with Crippen molar-refractivity contribution in [2.24, 2.45) is 0 Å². The van der Waals surface area contributed by atoms with E-state index >= 15 is 0 Å². The van der Waals surface area contributed by atoms with Crippen LogP contribution in [0.25, 0.3) is 0 Å². The highest BCUT2D eigenvalue weighted by Crippen LogP contribution is 2.39. The summed E-state index contributed by atoms with van der Waals surface area (Å²) < 4.78 is 38.3. The van der Waals surface area contributed by atoms with E-state index in [1.54, 1.807) is 7.11 Å². The molecule has 0 fully saturated rings. The zero-order valence-electron chi connectivity index (χ0n) is 29.1. The highest BCUT2D eigenvalue weighted by Gasteiger charge is 2.41. The van der Waals surface area contributed by atoms with E-state index in [4.69, 9.17) is 28.1 Å². The van der Waals surface area contributed by atoms with Crippen LogP contribution in [0.4, 0.5) is 0 Å². The molecule has 1 aliphatic heterocycles. The van der Waals surface area contributed by atoms with E-state index < -0.39 is 8.32 Å². The molecule has 0 radical (unpaired) electrons. The molecule has 0 aromatic heterocycles. The molecule has 0 saturated heterocycles. The number of rotatable bonds is 15. The van der Waals surface area contributed by atoms with Crippen molar-refractivity contribution in [1.29, 1.82) is 0 Å². The van der Waals surface area contributed by atoms with Gasteiger partial charge in [-0.2, -0.15) is 0 Å². The number of benzene rings is 3. The zero-order chi connectivity index (χ0) is 33.5. The molecule has 0 bridgehead atoms. The van der Waals surface area contributed by atoms with Crippen LogP contribution in [0.1, 0.15) is 50.3 Å². The van der Waals surface area contributed by atoms with Crippen LogP contribution in [0, 0.1) is 0 Å². The van der Waals surface area contributed by atoms with Gasteiger partial charge in [-0.1, -0.05) is 118 Å². The van der Waals surface area contributed by atoms with Gasteiger partial charge in [0.05, 0.1) is 52.4 Å². The predicted octanol–water partition coefficient (Wildman–Crippen LogP) is 9.06. The fourth-order valence-electron chi connectivity index (χ4n) is 5.09. The second-order valence-corrected chi connectivity index (χ2v) is 18.4.